The van der Waals surface area contributed by atoms with Gasteiger partial charge in [-0.05, 0) is 49.2 Å². The number of hydrogen-bond acceptors (Lipinski definition) is 5. The van der Waals surface area contributed by atoms with Gasteiger partial charge in [0.15, 0.2) is 0 Å². The Hall–Kier alpha value is -2.74. The molecule has 2 N–H and O–H groups in total. The van der Waals surface area contributed by atoms with Crippen LogP contribution in [0.2, 0.25) is 0 Å². The molecule has 1 aliphatic rings. The van der Waals surface area contributed by atoms with Crippen molar-refractivity contribution in [2.45, 2.75) is 30.6 Å². The molecule has 2 aromatic rings. The first kappa shape index (κ1) is 17.1. The molecule has 2 amide bonds. The number of pyridine rings is 1. The molecular weight excluding hydrogens is 342 g/mol. The van der Waals surface area contributed by atoms with E-state index in [1.54, 1.807) is 32.2 Å². The predicted molar refractivity (Wildman–Crippen MR) is 91.4 cm³/mol. The molecule has 1 aromatic heterocycles. The molecule has 1 aliphatic heterocycles. The van der Waals surface area contributed by atoms with Crippen LogP contribution in [0.3, 0.4) is 0 Å². The molecule has 1 aromatic carbocycles. The van der Waals surface area contributed by atoms with Crippen molar-refractivity contribution in [2.24, 2.45) is 0 Å². The highest BCUT2D eigenvalue weighted by molar-refractivity contribution is 7.90. The third-order valence-corrected chi connectivity index (χ3v) is 5.50. The Labute approximate surface area is 145 Å². The monoisotopic (exact) mass is 359 g/mol. The summed E-state index contributed by atoms with van der Waals surface area (Å²) < 4.78 is 27.0. The molecule has 8 heteroatoms. The minimum atomic E-state index is -4.03. The van der Waals surface area contributed by atoms with E-state index in [9.17, 15) is 18.0 Å². The van der Waals surface area contributed by atoms with Crippen molar-refractivity contribution < 1.29 is 18.0 Å². The SMILES string of the molecule is CC1(C)C(=O)Nc2ccc(S(=O)(=O)NC(=O)Cc3cccnc3)cc21. The van der Waals surface area contributed by atoms with E-state index in [-0.39, 0.29) is 17.2 Å². The molecule has 0 saturated heterocycles. The van der Waals surface area contributed by atoms with Crippen molar-refractivity contribution in [3.63, 3.8) is 0 Å². The average Bonchev–Trinajstić information content (AvgIpc) is 2.77. The predicted octanol–water partition coefficient (Wildman–Crippen LogP) is 1.36. The summed E-state index contributed by atoms with van der Waals surface area (Å²) in [5.74, 6) is -0.848. The highest BCUT2D eigenvalue weighted by Gasteiger charge is 2.39. The summed E-state index contributed by atoms with van der Waals surface area (Å²) >= 11 is 0. The van der Waals surface area contributed by atoms with E-state index in [1.165, 1.54) is 24.4 Å². The normalized spacial score (nSPS) is 15.4. The minimum absolute atomic E-state index is 0.0599. The maximum atomic E-state index is 12.5. The number of fused-ring (bicyclic) bond motifs is 1. The molecule has 0 spiro atoms. The van der Waals surface area contributed by atoms with Crippen LogP contribution >= 0.6 is 0 Å². The Balaban J connectivity index is 1.83. The van der Waals surface area contributed by atoms with Gasteiger partial charge in [0.05, 0.1) is 16.7 Å². The van der Waals surface area contributed by atoms with Gasteiger partial charge < -0.3 is 5.32 Å². The summed E-state index contributed by atoms with van der Waals surface area (Å²) in [4.78, 5) is 27.8. The van der Waals surface area contributed by atoms with Crippen molar-refractivity contribution in [3.05, 3.63) is 53.9 Å². The first-order chi connectivity index (χ1) is 11.7. The van der Waals surface area contributed by atoms with Crippen molar-refractivity contribution in [2.75, 3.05) is 5.32 Å². The van der Waals surface area contributed by atoms with E-state index >= 15 is 0 Å². The Morgan fingerprint density at radius 2 is 2.04 bits per heavy atom. The molecule has 0 aliphatic carbocycles. The second-order valence-electron chi connectivity index (χ2n) is 6.35. The van der Waals surface area contributed by atoms with E-state index in [0.29, 0.717) is 16.8 Å². The number of carbonyl (C=O) groups is 2. The number of amides is 2. The van der Waals surface area contributed by atoms with Gasteiger partial charge in [-0.15, -0.1) is 0 Å². The van der Waals surface area contributed by atoms with Gasteiger partial charge >= 0.3 is 0 Å². The van der Waals surface area contributed by atoms with E-state index < -0.39 is 21.3 Å². The first-order valence-corrected chi connectivity index (χ1v) is 9.09. The highest BCUT2D eigenvalue weighted by Crippen LogP contribution is 2.38. The number of nitrogens with one attached hydrogen (secondary N) is 2. The fraction of sp³-hybridized carbons (Fsp3) is 0.235. The quantitative estimate of drug-likeness (QED) is 0.857. The lowest BCUT2D eigenvalue weighted by Crippen LogP contribution is -2.32. The molecule has 7 nitrogen and oxygen atoms in total. The summed E-state index contributed by atoms with van der Waals surface area (Å²) in [6, 6.07) is 7.67. The molecule has 0 saturated carbocycles. The molecule has 130 valence electrons. The largest absolute Gasteiger partial charge is 0.325 e. The van der Waals surface area contributed by atoms with Crippen LogP contribution in [0.4, 0.5) is 5.69 Å². The van der Waals surface area contributed by atoms with Crippen LogP contribution in [0.25, 0.3) is 0 Å². The number of aromatic nitrogens is 1. The van der Waals surface area contributed by atoms with E-state index in [4.69, 9.17) is 0 Å². The zero-order valence-corrected chi connectivity index (χ0v) is 14.6. The van der Waals surface area contributed by atoms with E-state index in [2.05, 4.69) is 15.0 Å². The standard InChI is InChI=1S/C17H17N3O4S/c1-17(2)13-9-12(5-6-14(13)19-16(17)22)25(23,24)20-15(21)8-11-4-3-7-18-10-11/h3-7,9-10H,8H2,1-2H3,(H,19,22)(H,20,21). The van der Waals surface area contributed by atoms with Gasteiger partial charge in [0.25, 0.3) is 10.0 Å². The van der Waals surface area contributed by atoms with Gasteiger partial charge in [0.1, 0.15) is 0 Å². The van der Waals surface area contributed by atoms with Crippen LogP contribution < -0.4 is 10.0 Å². The summed E-state index contributed by atoms with van der Waals surface area (Å²) in [6.45, 7) is 3.43. The van der Waals surface area contributed by atoms with Gasteiger partial charge in [-0.25, -0.2) is 13.1 Å². The molecular formula is C17H17N3O4S. The molecule has 0 atom stereocenters. The molecule has 25 heavy (non-hydrogen) atoms. The Morgan fingerprint density at radius 3 is 2.72 bits per heavy atom. The molecule has 2 heterocycles. The maximum Gasteiger partial charge on any atom is 0.264 e. The topological polar surface area (TPSA) is 105 Å². The molecule has 0 unspecified atom stereocenters. The molecule has 0 radical (unpaired) electrons. The third-order valence-electron chi connectivity index (χ3n) is 4.13. The fourth-order valence-corrected chi connectivity index (χ4v) is 3.66. The Kier molecular flexibility index (Phi) is 4.08. The zero-order chi connectivity index (χ0) is 18.2. The van der Waals surface area contributed by atoms with Crippen LogP contribution in [0.1, 0.15) is 25.0 Å². The first-order valence-electron chi connectivity index (χ1n) is 7.61. The van der Waals surface area contributed by atoms with Gasteiger partial charge in [-0.2, -0.15) is 0 Å². The van der Waals surface area contributed by atoms with Gasteiger partial charge in [0.2, 0.25) is 11.8 Å². The second kappa shape index (κ2) is 5.96. The molecule has 0 bridgehead atoms. The van der Waals surface area contributed by atoms with Gasteiger partial charge in [0, 0.05) is 18.1 Å². The van der Waals surface area contributed by atoms with Crippen molar-refractivity contribution >= 4 is 27.5 Å². The number of benzene rings is 1. The number of nitrogens with zero attached hydrogens (tertiary/aromatic N) is 1. The summed E-state index contributed by atoms with van der Waals surface area (Å²) in [6.07, 6.45) is 2.98. The second-order valence-corrected chi connectivity index (χ2v) is 8.04. The van der Waals surface area contributed by atoms with Crippen molar-refractivity contribution in [3.8, 4) is 0 Å². The van der Waals surface area contributed by atoms with Crippen LogP contribution in [-0.2, 0) is 31.4 Å². The lowest BCUT2D eigenvalue weighted by Gasteiger charge is -2.16. The van der Waals surface area contributed by atoms with Crippen LogP contribution in [0, 0.1) is 0 Å². The number of hydrogen-bond donors (Lipinski definition) is 2. The Bertz CT molecular complexity index is 953. The number of carbonyl (C=O) groups excluding carboxylic acids is 2. The number of rotatable bonds is 4. The maximum absolute atomic E-state index is 12.5. The van der Waals surface area contributed by atoms with E-state index in [0.717, 1.165) is 0 Å². The third kappa shape index (κ3) is 3.25. The highest BCUT2D eigenvalue weighted by atomic mass is 32.2. The van der Waals surface area contributed by atoms with Crippen LogP contribution in [0.5, 0.6) is 0 Å². The summed E-state index contributed by atoms with van der Waals surface area (Å²) in [5.41, 5.74) is 0.941. The smallest absolute Gasteiger partial charge is 0.264 e. The molecule has 3 rings (SSSR count). The summed E-state index contributed by atoms with van der Waals surface area (Å²) in [5, 5.41) is 2.71. The van der Waals surface area contributed by atoms with Gasteiger partial charge in [-0.1, -0.05) is 6.07 Å². The van der Waals surface area contributed by atoms with Crippen molar-refractivity contribution in [1.82, 2.24) is 9.71 Å². The van der Waals surface area contributed by atoms with Gasteiger partial charge in [-0.3, -0.25) is 14.6 Å². The number of anilines is 1. The average molecular weight is 359 g/mol. The Morgan fingerprint density at radius 1 is 1.28 bits per heavy atom. The lowest BCUT2D eigenvalue weighted by atomic mass is 9.86. The summed E-state index contributed by atoms with van der Waals surface area (Å²) in [7, 11) is -4.03. The zero-order valence-electron chi connectivity index (χ0n) is 13.7. The van der Waals surface area contributed by atoms with Crippen molar-refractivity contribution in [1.29, 1.82) is 0 Å². The van der Waals surface area contributed by atoms with Crippen LogP contribution in [0.15, 0.2) is 47.6 Å². The lowest BCUT2D eigenvalue weighted by molar-refractivity contribution is -0.120. The number of sulfonamides is 1. The molecule has 0 fully saturated rings. The van der Waals surface area contributed by atoms with Crippen LogP contribution in [-0.4, -0.2) is 25.2 Å². The minimum Gasteiger partial charge on any atom is -0.325 e. The fourth-order valence-electron chi connectivity index (χ4n) is 2.65. The van der Waals surface area contributed by atoms with E-state index in [1.807, 2.05) is 0 Å².